The Morgan fingerprint density at radius 2 is 2.36 bits per heavy atom. The Hall–Kier alpha value is -1.55. The van der Waals surface area contributed by atoms with Crippen LogP contribution in [0.25, 0.3) is 0 Å². The third-order valence-electron chi connectivity index (χ3n) is 1.21. The molecule has 1 nitrogen and oxygen atoms in total. The van der Waals surface area contributed by atoms with Gasteiger partial charge in [-0.15, -0.1) is 0 Å². The summed E-state index contributed by atoms with van der Waals surface area (Å²) in [6.45, 7) is 5.49. The van der Waals surface area contributed by atoms with Crippen LogP contribution in [0.2, 0.25) is 0 Å². The molecule has 1 heterocycles. The fourth-order valence-corrected chi connectivity index (χ4v) is 0.667. The average Bonchev–Trinajstić information content (AvgIpc) is 2.04. The van der Waals surface area contributed by atoms with Crippen molar-refractivity contribution in [1.29, 1.82) is 0 Å². The van der Waals surface area contributed by atoms with E-state index in [2.05, 4.69) is 23.4 Å². The maximum atomic E-state index is 4.09. The summed E-state index contributed by atoms with van der Waals surface area (Å²) in [7, 11) is 0. The zero-order valence-corrected chi connectivity index (χ0v) is 6.46. The fraction of sp³-hybridized carbons (Fsp3) is 0.100. The molecule has 1 aromatic rings. The van der Waals surface area contributed by atoms with Crippen molar-refractivity contribution < 1.29 is 0 Å². The lowest BCUT2D eigenvalue weighted by Crippen LogP contribution is -1.81. The van der Waals surface area contributed by atoms with Crippen molar-refractivity contribution in [3.05, 3.63) is 42.2 Å². The molecule has 0 N–H and O–H groups in total. The highest BCUT2D eigenvalue weighted by atomic mass is 14.7. The van der Waals surface area contributed by atoms with E-state index in [-0.39, 0.29) is 0 Å². The van der Waals surface area contributed by atoms with Crippen LogP contribution in [-0.2, 0) is 0 Å². The minimum atomic E-state index is 0.788. The van der Waals surface area contributed by atoms with Crippen molar-refractivity contribution in [2.45, 2.75) is 6.92 Å². The van der Waals surface area contributed by atoms with Gasteiger partial charge in [-0.25, -0.2) is 4.98 Å². The predicted molar refractivity (Wildman–Crippen MR) is 46.0 cm³/mol. The van der Waals surface area contributed by atoms with Crippen LogP contribution in [-0.4, -0.2) is 4.98 Å². The van der Waals surface area contributed by atoms with Crippen molar-refractivity contribution in [2.24, 2.45) is 0 Å². The number of rotatable bonds is 0. The smallest absolute Gasteiger partial charge is 0.113 e. The van der Waals surface area contributed by atoms with Crippen LogP contribution >= 0.6 is 0 Å². The van der Waals surface area contributed by atoms with Gasteiger partial charge in [-0.2, -0.15) is 0 Å². The topological polar surface area (TPSA) is 12.9 Å². The molecular weight excluding hydrogens is 134 g/mol. The molecule has 0 aliphatic heterocycles. The van der Waals surface area contributed by atoms with E-state index in [1.807, 2.05) is 19.1 Å². The normalized spacial score (nSPS) is 8.09. The summed E-state index contributed by atoms with van der Waals surface area (Å²) < 4.78 is 0. The molecule has 0 bridgehead atoms. The lowest BCUT2D eigenvalue weighted by molar-refractivity contribution is 1.24. The van der Waals surface area contributed by atoms with Gasteiger partial charge in [-0.05, 0) is 30.6 Å². The molecule has 0 spiro atoms. The van der Waals surface area contributed by atoms with Crippen molar-refractivity contribution in [3.8, 4) is 11.8 Å². The minimum Gasteiger partial charge on any atom is -0.248 e. The molecule has 1 heteroatoms. The lowest BCUT2D eigenvalue weighted by atomic mass is 10.3. The summed E-state index contributed by atoms with van der Waals surface area (Å²) in [5, 5.41) is 0. The van der Waals surface area contributed by atoms with Gasteiger partial charge in [0.1, 0.15) is 5.69 Å². The number of pyridine rings is 1. The van der Waals surface area contributed by atoms with Gasteiger partial charge < -0.3 is 0 Å². The van der Waals surface area contributed by atoms with Crippen molar-refractivity contribution >= 4 is 0 Å². The van der Waals surface area contributed by atoms with E-state index in [1.165, 1.54) is 0 Å². The highest BCUT2D eigenvalue weighted by Gasteiger charge is 1.85. The predicted octanol–water partition coefficient (Wildman–Crippen LogP) is 1.93. The fourth-order valence-electron chi connectivity index (χ4n) is 0.667. The number of hydrogen-bond donors (Lipinski definition) is 0. The monoisotopic (exact) mass is 143 g/mol. The Balaban J connectivity index is 2.90. The first kappa shape index (κ1) is 7.56. The molecule has 0 aliphatic rings. The summed E-state index contributed by atoms with van der Waals surface area (Å²) in [6.07, 6.45) is 3.36. The van der Waals surface area contributed by atoms with E-state index in [0.29, 0.717) is 0 Å². The van der Waals surface area contributed by atoms with E-state index in [4.69, 9.17) is 0 Å². The summed E-state index contributed by atoms with van der Waals surface area (Å²) in [5.74, 6) is 5.58. The van der Waals surface area contributed by atoms with Gasteiger partial charge in [-0.1, -0.05) is 18.6 Å². The van der Waals surface area contributed by atoms with Crippen LogP contribution in [0.5, 0.6) is 0 Å². The largest absolute Gasteiger partial charge is 0.248 e. The summed E-state index contributed by atoms with van der Waals surface area (Å²) >= 11 is 0. The third-order valence-corrected chi connectivity index (χ3v) is 1.21. The molecule has 0 radical (unpaired) electrons. The highest BCUT2D eigenvalue weighted by molar-refractivity contribution is 5.31. The second-order valence-electron chi connectivity index (χ2n) is 2.19. The molecule has 1 aromatic heterocycles. The molecule has 54 valence electrons. The molecule has 0 fully saturated rings. The van der Waals surface area contributed by atoms with Gasteiger partial charge in [0.15, 0.2) is 0 Å². The molecule has 0 saturated carbocycles. The number of hydrogen-bond acceptors (Lipinski definition) is 1. The number of aryl methyl sites for hydroxylation is 1. The van der Waals surface area contributed by atoms with Crippen LogP contribution < -0.4 is 0 Å². The van der Waals surface area contributed by atoms with Crippen LogP contribution in [0.1, 0.15) is 11.3 Å². The molecule has 0 aromatic carbocycles. The van der Waals surface area contributed by atoms with Gasteiger partial charge in [-0.3, -0.25) is 0 Å². The van der Waals surface area contributed by atoms with Gasteiger partial charge in [0.25, 0.3) is 0 Å². The third kappa shape index (κ3) is 2.27. The van der Waals surface area contributed by atoms with E-state index < -0.39 is 0 Å². The quantitative estimate of drug-likeness (QED) is 0.506. The molecule has 11 heavy (non-hydrogen) atoms. The van der Waals surface area contributed by atoms with Crippen LogP contribution in [0.15, 0.2) is 31.0 Å². The molecule has 0 amide bonds. The number of aromatic nitrogens is 1. The maximum absolute atomic E-state index is 4.09. The zero-order chi connectivity index (χ0) is 8.10. The Bertz CT molecular complexity index is 298. The summed E-state index contributed by atoms with van der Waals surface area (Å²) in [5.41, 5.74) is 1.93. The van der Waals surface area contributed by atoms with E-state index in [0.717, 1.165) is 11.3 Å². The lowest BCUT2D eigenvalue weighted by Gasteiger charge is -1.89. The van der Waals surface area contributed by atoms with Gasteiger partial charge >= 0.3 is 0 Å². The molecule has 0 aliphatic carbocycles. The van der Waals surface area contributed by atoms with Gasteiger partial charge in [0, 0.05) is 6.20 Å². The molecule has 0 atom stereocenters. The van der Waals surface area contributed by atoms with Crippen molar-refractivity contribution in [1.82, 2.24) is 4.98 Å². The minimum absolute atomic E-state index is 0.788. The standard InChI is InChI=1S/C10H9N/c1-3-4-5-10-7-6-9(2)8-11-10/h3,6-8H,1H2,2H3. The first-order valence-electron chi connectivity index (χ1n) is 3.38. The second kappa shape index (κ2) is 3.58. The molecule has 1 rings (SSSR count). The van der Waals surface area contributed by atoms with E-state index in [1.54, 1.807) is 12.3 Å². The van der Waals surface area contributed by atoms with E-state index >= 15 is 0 Å². The summed E-state index contributed by atoms with van der Waals surface area (Å²) in [4.78, 5) is 4.09. The van der Waals surface area contributed by atoms with Crippen molar-refractivity contribution in [2.75, 3.05) is 0 Å². The van der Waals surface area contributed by atoms with Gasteiger partial charge in [0.05, 0.1) is 0 Å². The Morgan fingerprint density at radius 1 is 1.55 bits per heavy atom. The summed E-state index contributed by atoms with van der Waals surface area (Å²) in [6, 6.07) is 3.88. The van der Waals surface area contributed by atoms with Crippen LogP contribution in [0.3, 0.4) is 0 Å². The molecular formula is C10H9N. The average molecular weight is 143 g/mol. The Labute approximate surface area is 66.8 Å². The highest BCUT2D eigenvalue weighted by Crippen LogP contribution is 1.95. The number of nitrogens with zero attached hydrogens (tertiary/aromatic N) is 1. The zero-order valence-electron chi connectivity index (χ0n) is 6.46. The van der Waals surface area contributed by atoms with Gasteiger partial charge in [0.2, 0.25) is 0 Å². The van der Waals surface area contributed by atoms with Crippen molar-refractivity contribution in [3.63, 3.8) is 0 Å². The van der Waals surface area contributed by atoms with Crippen LogP contribution in [0, 0.1) is 18.8 Å². The Morgan fingerprint density at radius 3 is 2.91 bits per heavy atom. The SMILES string of the molecule is C=CC#Cc1ccc(C)cn1. The van der Waals surface area contributed by atoms with E-state index in [9.17, 15) is 0 Å². The first-order valence-corrected chi connectivity index (χ1v) is 3.38. The second-order valence-corrected chi connectivity index (χ2v) is 2.19. The maximum Gasteiger partial charge on any atom is 0.113 e. The number of allylic oxidation sites excluding steroid dienone is 1. The molecule has 0 saturated heterocycles. The van der Waals surface area contributed by atoms with Crippen LogP contribution in [0.4, 0.5) is 0 Å². The molecule has 0 unspecified atom stereocenters. The Kier molecular flexibility index (Phi) is 2.46. The first-order chi connectivity index (χ1) is 5.33.